The Morgan fingerprint density at radius 2 is 1.96 bits per heavy atom. The fourth-order valence-corrected chi connectivity index (χ4v) is 3.20. The molecular formula is C19H24FN3O3. The Labute approximate surface area is 151 Å². The molecule has 0 unspecified atom stereocenters. The number of pyridine rings is 1. The van der Waals surface area contributed by atoms with E-state index in [-0.39, 0.29) is 17.6 Å². The third-order valence-electron chi connectivity index (χ3n) is 4.77. The van der Waals surface area contributed by atoms with Crippen LogP contribution < -0.4 is 10.3 Å². The van der Waals surface area contributed by atoms with Gasteiger partial charge in [-0.25, -0.2) is 9.18 Å². The summed E-state index contributed by atoms with van der Waals surface area (Å²) < 4.78 is 19.7. The van der Waals surface area contributed by atoms with Crippen LogP contribution >= 0.6 is 0 Å². The Bertz CT molecular complexity index is 857. The number of carbonyl (C=O) groups excluding carboxylic acids is 1. The molecule has 0 amide bonds. The van der Waals surface area contributed by atoms with Gasteiger partial charge >= 0.3 is 5.97 Å². The van der Waals surface area contributed by atoms with E-state index in [1.54, 1.807) is 6.07 Å². The van der Waals surface area contributed by atoms with Gasteiger partial charge in [0.15, 0.2) is 0 Å². The van der Waals surface area contributed by atoms with Crippen LogP contribution in [0.4, 0.5) is 10.1 Å². The lowest BCUT2D eigenvalue weighted by Gasteiger charge is -2.35. The Kier molecular flexibility index (Phi) is 5.56. The summed E-state index contributed by atoms with van der Waals surface area (Å²) in [6.45, 7) is 8.45. The van der Waals surface area contributed by atoms with Gasteiger partial charge in [0.25, 0.3) is 0 Å². The number of hydrogen-bond donors (Lipinski definition) is 1. The van der Waals surface area contributed by atoms with Crippen LogP contribution in [-0.2, 0) is 4.74 Å². The summed E-state index contributed by atoms with van der Waals surface area (Å²) in [4.78, 5) is 31.8. The van der Waals surface area contributed by atoms with Crippen molar-refractivity contribution >= 4 is 22.6 Å². The number of ether oxygens (including phenoxy) is 1. The molecule has 1 aromatic carbocycles. The Morgan fingerprint density at radius 3 is 2.62 bits per heavy atom. The maximum atomic E-state index is 14.7. The van der Waals surface area contributed by atoms with Crippen molar-refractivity contribution in [3.8, 4) is 0 Å². The number of carbonyl (C=O) groups is 1. The third kappa shape index (κ3) is 3.58. The molecule has 0 atom stereocenters. The second-order valence-corrected chi connectivity index (χ2v) is 6.44. The molecule has 3 rings (SSSR count). The predicted molar refractivity (Wildman–Crippen MR) is 99.4 cm³/mol. The highest BCUT2D eigenvalue weighted by molar-refractivity contribution is 5.94. The molecule has 2 aromatic rings. The summed E-state index contributed by atoms with van der Waals surface area (Å²) in [7, 11) is 0. The summed E-state index contributed by atoms with van der Waals surface area (Å²) in [5.74, 6) is -1.14. The Hall–Kier alpha value is -2.41. The maximum Gasteiger partial charge on any atom is 0.343 e. The van der Waals surface area contributed by atoms with E-state index in [1.807, 2.05) is 11.8 Å². The van der Waals surface area contributed by atoms with Gasteiger partial charge in [0.1, 0.15) is 11.4 Å². The lowest BCUT2D eigenvalue weighted by atomic mass is 10.1. The summed E-state index contributed by atoms with van der Waals surface area (Å²) in [6.07, 6.45) is 2.01. The first-order valence-corrected chi connectivity index (χ1v) is 9.04. The minimum Gasteiger partial charge on any atom is -0.462 e. The average Bonchev–Trinajstić information content (AvgIpc) is 2.66. The first-order chi connectivity index (χ1) is 12.5. The zero-order valence-electron chi connectivity index (χ0n) is 15.2. The van der Waals surface area contributed by atoms with E-state index in [0.717, 1.165) is 32.7 Å². The lowest BCUT2D eigenvalue weighted by Crippen LogP contribution is -2.46. The van der Waals surface area contributed by atoms with Crippen LogP contribution in [0.5, 0.6) is 0 Å². The zero-order valence-corrected chi connectivity index (χ0v) is 15.2. The second-order valence-electron chi connectivity index (χ2n) is 6.44. The lowest BCUT2D eigenvalue weighted by molar-refractivity contribution is 0.0503. The van der Waals surface area contributed by atoms with Crippen molar-refractivity contribution in [2.24, 2.45) is 0 Å². The standard InChI is InChI=1S/C19H24FN3O3/c1-3-9-26-19(25)14-12-21-16-11-17(15(20)10-13(16)18(14)24)23-7-5-22(4-2)6-8-23/h10-12H,3-9H2,1-2H3,(H,21,24). The van der Waals surface area contributed by atoms with Gasteiger partial charge in [0.2, 0.25) is 5.43 Å². The highest BCUT2D eigenvalue weighted by atomic mass is 19.1. The van der Waals surface area contributed by atoms with Crippen LogP contribution in [0.1, 0.15) is 30.6 Å². The number of aromatic nitrogens is 1. The molecule has 0 aliphatic carbocycles. The van der Waals surface area contributed by atoms with E-state index in [0.29, 0.717) is 17.6 Å². The Balaban J connectivity index is 1.92. The van der Waals surface area contributed by atoms with Crippen molar-refractivity contribution in [1.82, 2.24) is 9.88 Å². The molecule has 6 nitrogen and oxygen atoms in total. The van der Waals surface area contributed by atoms with Crippen LogP contribution in [0.3, 0.4) is 0 Å². The number of rotatable bonds is 5. The number of aromatic amines is 1. The predicted octanol–water partition coefficient (Wildman–Crippen LogP) is 2.38. The van der Waals surface area contributed by atoms with E-state index in [2.05, 4.69) is 16.8 Å². The number of benzene rings is 1. The number of H-pyrrole nitrogens is 1. The number of anilines is 1. The van der Waals surface area contributed by atoms with E-state index in [1.165, 1.54) is 12.3 Å². The number of hydrogen-bond acceptors (Lipinski definition) is 5. The van der Waals surface area contributed by atoms with Crippen molar-refractivity contribution in [2.75, 3.05) is 44.2 Å². The van der Waals surface area contributed by atoms with Gasteiger partial charge < -0.3 is 19.5 Å². The molecule has 1 saturated heterocycles. The van der Waals surface area contributed by atoms with Crippen LogP contribution in [0, 0.1) is 5.82 Å². The van der Waals surface area contributed by atoms with Crippen LogP contribution in [0.25, 0.3) is 10.9 Å². The molecule has 0 saturated carbocycles. The number of fused-ring (bicyclic) bond motifs is 1. The second kappa shape index (κ2) is 7.86. The van der Waals surface area contributed by atoms with Crippen LogP contribution in [0.15, 0.2) is 23.1 Å². The monoisotopic (exact) mass is 361 g/mol. The van der Waals surface area contributed by atoms with E-state index in [9.17, 15) is 14.0 Å². The van der Waals surface area contributed by atoms with Crippen molar-refractivity contribution in [3.63, 3.8) is 0 Å². The van der Waals surface area contributed by atoms with Crippen molar-refractivity contribution < 1.29 is 13.9 Å². The fourth-order valence-electron chi connectivity index (χ4n) is 3.20. The maximum absolute atomic E-state index is 14.7. The molecule has 2 heterocycles. The van der Waals surface area contributed by atoms with Crippen LogP contribution in [-0.4, -0.2) is 55.2 Å². The molecular weight excluding hydrogens is 337 g/mol. The zero-order chi connectivity index (χ0) is 18.7. The first-order valence-electron chi connectivity index (χ1n) is 9.04. The number of likely N-dealkylation sites (N-methyl/N-ethyl adjacent to an activating group) is 1. The number of nitrogens with one attached hydrogen (secondary N) is 1. The van der Waals surface area contributed by atoms with Gasteiger partial charge in [-0.1, -0.05) is 13.8 Å². The molecule has 1 aromatic heterocycles. The molecule has 140 valence electrons. The van der Waals surface area contributed by atoms with Gasteiger partial charge in [0, 0.05) is 37.8 Å². The van der Waals surface area contributed by atoms with E-state index < -0.39 is 17.2 Å². The highest BCUT2D eigenvalue weighted by Gasteiger charge is 2.21. The summed E-state index contributed by atoms with van der Waals surface area (Å²) in [6, 6.07) is 2.86. The molecule has 1 N–H and O–H groups in total. The topological polar surface area (TPSA) is 65.6 Å². The Morgan fingerprint density at radius 1 is 1.23 bits per heavy atom. The van der Waals surface area contributed by atoms with E-state index in [4.69, 9.17) is 4.74 Å². The molecule has 1 aliphatic rings. The molecule has 1 fully saturated rings. The largest absolute Gasteiger partial charge is 0.462 e. The first kappa shape index (κ1) is 18.4. The number of esters is 1. The molecule has 26 heavy (non-hydrogen) atoms. The SMILES string of the molecule is CCCOC(=O)c1c[nH]c2cc(N3CCN(CC)CC3)c(F)cc2c1=O. The number of piperazine rings is 1. The van der Waals surface area contributed by atoms with Gasteiger partial charge in [0.05, 0.1) is 17.8 Å². The van der Waals surface area contributed by atoms with Crippen molar-refractivity contribution in [3.05, 3.63) is 39.9 Å². The quantitative estimate of drug-likeness (QED) is 0.829. The molecule has 0 bridgehead atoms. The van der Waals surface area contributed by atoms with Gasteiger partial charge in [-0.05, 0) is 25.1 Å². The fraction of sp³-hybridized carbons (Fsp3) is 0.474. The minimum atomic E-state index is -0.685. The minimum absolute atomic E-state index is 0.102. The van der Waals surface area contributed by atoms with Crippen molar-refractivity contribution in [1.29, 1.82) is 0 Å². The van der Waals surface area contributed by atoms with Gasteiger partial charge in [-0.15, -0.1) is 0 Å². The normalized spacial score (nSPS) is 15.4. The molecule has 0 spiro atoms. The molecule has 1 aliphatic heterocycles. The average molecular weight is 361 g/mol. The van der Waals surface area contributed by atoms with Gasteiger partial charge in [-0.3, -0.25) is 4.79 Å². The third-order valence-corrected chi connectivity index (χ3v) is 4.77. The molecule has 0 radical (unpaired) electrons. The summed E-state index contributed by atoms with van der Waals surface area (Å²) in [5.41, 5.74) is 0.373. The van der Waals surface area contributed by atoms with Crippen LogP contribution in [0.2, 0.25) is 0 Å². The summed E-state index contributed by atoms with van der Waals surface area (Å²) >= 11 is 0. The number of halogens is 1. The smallest absolute Gasteiger partial charge is 0.343 e. The van der Waals surface area contributed by atoms with Gasteiger partial charge in [-0.2, -0.15) is 0 Å². The van der Waals surface area contributed by atoms with Crippen molar-refractivity contribution in [2.45, 2.75) is 20.3 Å². The molecule has 7 heteroatoms. The van der Waals surface area contributed by atoms with E-state index >= 15 is 0 Å². The highest BCUT2D eigenvalue weighted by Crippen LogP contribution is 2.25. The summed E-state index contributed by atoms with van der Waals surface area (Å²) in [5, 5.41) is 0.157. The number of nitrogens with zero attached hydrogens (tertiary/aromatic N) is 2.